The SMILES string of the molecule is O=C(Nc1ccc(Oc2ccccc2)cc1)c1nnc(Cc2ccccc2)o1. The summed E-state index contributed by atoms with van der Waals surface area (Å²) in [7, 11) is 0. The van der Waals surface area contributed by atoms with E-state index in [9.17, 15) is 4.79 Å². The Morgan fingerprint density at radius 1 is 0.821 bits per heavy atom. The summed E-state index contributed by atoms with van der Waals surface area (Å²) in [6, 6.07) is 26.3. The summed E-state index contributed by atoms with van der Waals surface area (Å²) < 4.78 is 11.2. The van der Waals surface area contributed by atoms with Crippen LogP contribution >= 0.6 is 0 Å². The molecule has 4 rings (SSSR count). The molecule has 0 saturated heterocycles. The number of hydrogen-bond donors (Lipinski definition) is 1. The van der Waals surface area contributed by atoms with Crippen molar-refractivity contribution in [3.8, 4) is 11.5 Å². The number of rotatable bonds is 6. The summed E-state index contributed by atoms with van der Waals surface area (Å²) in [5.41, 5.74) is 1.64. The Morgan fingerprint density at radius 2 is 1.46 bits per heavy atom. The standard InChI is InChI=1S/C22H17N3O3/c26-21(22-25-24-20(28-22)15-16-7-3-1-4-8-16)23-17-11-13-19(14-12-17)27-18-9-5-2-6-10-18/h1-14H,15H2,(H,23,26). The van der Waals surface area contributed by atoms with Crippen molar-refractivity contribution < 1.29 is 13.9 Å². The van der Waals surface area contributed by atoms with Gasteiger partial charge in [0.25, 0.3) is 0 Å². The number of amides is 1. The minimum absolute atomic E-state index is 0.0736. The molecular formula is C22H17N3O3. The fourth-order valence-electron chi connectivity index (χ4n) is 2.60. The highest BCUT2D eigenvalue weighted by molar-refractivity contribution is 6.00. The van der Waals surface area contributed by atoms with Gasteiger partial charge in [-0.25, -0.2) is 0 Å². The second kappa shape index (κ2) is 8.18. The molecule has 1 amide bonds. The van der Waals surface area contributed by atoms with Crippen LogP contribution in [0.1, 0.15) is 22.1 Å². The molecule has 28 heavy (non-hydrogen) atoms. The topological polar surface area (TPSA) is 77.2 Å². The van der Waals surface area contributed by atoms with Gasteiger partial charge in [-0.2, -0.15) is 0 Å². The number of hydrogen-bond acceptors (Lipinski definition) is 5. The highest BCUT2D eigenvalue weighted by Crippen LogP contribution is 2.22. The van der Waals surface area contributed by atoms with Crippen molar-refractivity contribution in [1.82, 2.24) is 10.2 Å². The van der Waals surface area contributed by atoms with Crippen LogP contribution in [-0.4, -0.2) is 16.1 Å². The molecule has 0 fully saturated rings. The van der Waals surface area contributed by atoms with Crippen LogP contribution in [-0.2, 0) is 6.42 Å². The van der Waals surface area contributed by atoms with Crippen molar-refractivity contribution in [1.29, 1.82) is 0 Å². The molecule has 1 heterocycles. The number of benzene rings is 3. The summed E-state index contributed by atoms with van der Waals surface area (Å²) in [6.07, 6.45) is 0.479. The minimum Gasteiger partial charge on any atom is -0.457 e. The average molecular weight is 371 g/mol. The third-order valence-corrected chi connectivity index (χ3v) is 3.95. The number of aromatic nitrogens is 2. The highest BCUT2D eigenvalue weighted by atomic mass is 16.5. The fourth-order valence-corrected chi connectivity index (χ4v) is 2.60. The molecule has 1 N–H and O–H groups in total. The van der Waals surface area contributed by atoms with E-state index < -0.39 is 5.91 Å². The van der Waals surface area contributed by atoms with E-state index in [1.807, 2.05) is 60.7 Å². The number of ether oxygens (including phenoxy) is 1. The number of nitrogens with one attached hydrogen (secondary N) is 1. The van der Waals surface area contributed by atoms with Gasteiger partial charge in [-0.05, 0) is 42.0 Å². The first-order valence-electron chi connectivity index (χ1n) is 8.77. The molecule has 0 aliphatic heterocycles. The number of para-hydroxylation sites is 1. The lowest BCUT2D eigenvalue weighted by molar-refractivity contribution is 0.0988. The molecule has 0 spiro atoms. The van der Waals surface area contributed by atoms with E-state index in [1.165, 1.54) is 0 Å². The maximum atomic E-state index is 12.3. The van der Waals surface area contributed by atoms with Gasteiger partial charge < -0.3 is 14.5 Å². The molecule has 6 nitrogen and oxygen atoms in total. The first kappa shape index (κ1) is 17.5. The van der Waals surface area contributed by atoms with Gasteiger partial charge in [0.2, 0.25) is 5.89 Å². The summed E-state index contributed by atoms with van der Waals surface area (Å²) >= 11 is 0. The molecule has 1 aromatic heterocycles. The van der Waals surface area contributed by atoms with Gasteiger partial charge in [-0.15, -0.1) is 10.2 Å². The van der Waals surface area contributed by atoms with Gasteiger partial charge in [0.1, 0.15) is 11.5 Å². The molecule has 6 heteroatoms. The van der Waals surface area contributed by atoms with Crippen LogP contribution in [0.3, 0.4) is 0 Å². The van der Waals surface area contributed by atoms with Crippen LogP contribution in [0.4, 0.5) is 5.69 Å². The van der Waals surface area contributed by atoms with E-state index in [0.29, 0.717) is 23.7 Å². The zero-order valence-corrected chi connectivity index (χ0v) is 14.9. The second-order valence-electron chi connectivity index (χ2n) is 6.06. The zero-order chi connectivity index (χ0) is 19.2. The number of nitrogens with zero attached hydrogens (tertiary/aromatic N) is 2. The molecule has 0 aliphatic carbocycles. The maximum Gasteiger partial charge on any atom is 0.313 e. The Bertz CT molecular complexity index is 1050. The lowest BCUT2D eigenvalue weighted by Crippen LogP contribution is -2.12. The Kier molecular flexibility index (Phi) is 5.11. The van der Waals surface area contributed by atoms with Crippen molar-refractivity contribution in [2.75, 3.05) is 5.32 Å². The van der Waals surface area contributed by atoms with E-state index in [1.54, 1.807) is 24.3 Å². The summed E-state index contributed by atoms with van der Waals surface area (Å²) in [5.74, 6) is 1.28. The van der Waals surface area contributed by atoms with Gasteiger partial charge in [-0.3, -0.25) is 4.79 Å². The third kappa shape index (κ3) is 4.42. The van der Waals surface area contributed by atoms with Crippen LogP contribution in [0, 0.1) is 0 Å². The highest BCUT2D eigenvalue weighted by Gasteiger charge is 2.15. The van der Waals surface area contributed by atoms with Crippen LogP contribution in [0.15, 0.2) is 89.3 Å². The lowest BCUT2D eigenvalue weighted by Gasteiger charge is -2.07. The van der Waals surface area contributed by atoms with E-state index in [2.05, 4.69) is 15.5 Å². The Hall–Kier alpha value is -3.93. The average Bonchev–Trinajstić information content (AvgIpc) is 3.20. The maximum absolute atomic E-state index is 12.3. The molecule has 0 saturated carbocycles. The fraction of sp³-hybridized carbons (Fsp3) is 0.0455. The van der Waals surface area contributed by atoms with Crippen molar-refractivity contribution in [2.24, 2.45) is 0 Å². The van der Waals surface area contributed by atoms with Gasteiger partial charge in [0, 0.05) is 5.69 Å². The summed E-state index contributed by atoms with van der Waals surface area (Å²) in [4.78, 5) is 12.3. The Labute approximate surface area is 161 Å². The molecule has 0 unspecified atom stereocenters. The predicted molar refractivity (Wildman–Crippen MR) is 104 cm³/mol. The lowest BCUT2D eigenvalue weighted by atomic mass is 10.2. The van der Waals surface area contributed by atoms with Gasteiger partial charge in [0.15, 0.2) is 0 Å². The molecule has 0 atom stereocenters. The van der Waals surface area contributed by atoms with Crippen LogP contribution in [0.2, 0.25) is 0 Å². The molecule has 4 aromatic rings. The molecule has 138 valence electrons. The smallest absolute Gasteiger partial charge is 0.313 e. The van der Waals surface area contributed by atoms with Crippen molar-refractivity contribution >= 4 is 11.6 Å². The molecule has 0 bridgehead atoms. The quantitative estimate of drug-likeness (QED) is 0.531. The van der Waals surface area contributed by atoms with Crippen molar-refractivity contribution in [3.63, 3.8) is 0 Å². The summed E-state index contributed by atoms with van der Waals surface area (Å²) in [6.45, 7) is 0. The second-order valence-corrected chi connectivity index (χ2v) is 6.06. The summed E-state index contributed by atoms with van der Waals surface area (Å²) in [5, 5.41) is 10.5. The van der Waals surface area contributed by atoms with E-state index >= 15 is 0 Å². The van der Waals surface area contributed by atoms with Crippen LogP contribution in [0.25, 0.3) is 0 Å². The third-order valence-electron chi connectivity index (χ3n) is 3.95. The Morgan fingerprint density at radius 3 is 2.18 bits per heavy atom. The van der Waals surface area contributed by atoms with Crippen molar-refractivity contribution in [3.05, 3.63) is 102 Å². The molecule has 0 radical (unpaired) electrons. The molecule has 3 aromatic carbocycles. The Balaban J connectivity index is 1.37. The van der Waals surface area contributed by atoms with Gasteiger partial charge in [-0.1, -0.05) is 48.5 Å². The first-order chi connectivity index (χ1) is 13.8. The van der Waals surface area contributed by atoms with Crippen LogP contribution in [0.5, 0.6) is 11.5 Å². The number of carbonyl (C=O) groups excluding carboxylic acids is 1. The number of anilines is 1. The zero-order valence-electron chi connectivity index (χ0n) is 14.9. The normalized spacial score (nSPS) is 10.4. The van der Waals surface area contributed by atoms with Gasteiger partial charge >= 0.3 is 11.8 Å². The van der Waals surface area contributed by atoms with E-state index in [-0.39, 0.29) is 5.89 Å². The van der Waals surface area contributed by atoms with Gasteiger partial charge in [0.05, 0.1) is 6.42 Å². The van der Waals surface area contributed by atoms with Crippen LogP contribution < -0.4 is 10.1 Å². The monoisotopic (exact) mass is 371 g/mol. The van der Waals surface area contributed by atoms with E-state index in [0.717, 1.165) is 11.3 Å². The molecule has 0 aliphatic rings. The largest absolute Gasteiger partial charge is 0.457 e. The minimum atomic E-state index is -0.455. The predicted octanol–water partition coefficient (Wildman–Crippen LogP) is 4.71. The molecular weight excluding hydrogens is 354 g/mol. The first-order valence-corrected chi connectivity index (χ1v) is 8.77. The number of carbonyl (C=O) groups is 1. The van der Waals surface area contributed by atoms with E-state index in [4.69, 9.17) is 9.15 Å². The van der Waals surface area contributed by atoms with Crippen molar-refractivity contribution in [2.45, 2.75) is 6.42 Å².